The van der Waals surface area contributed by atoms with Gasteiger partial charge >= 0.3 is 0 Å². The van der Waals surface area contributed by atoms with Gasteiger partial charge < -0.3 is 5.32 Å². The molecule has 0 unspecified atom stereocenters. The number of aromatic nitrogens is 1. The van der Waals surface area contributed by atoms with Gasteiger partial charge in [0.25, 0.3) is 5.91 Å². The molecule has 1 heterocycles. The molecule has 1 N–H and O–H groups in total. The molecule has 0 radical (unpaired) electrons. The molecule has 0 atom stereocenters. The Labute approximate surface area is 110 Å². The number of rotatable bonds is 1. The number of carbonyl (C=O) groups excluding carboxylic acids is 1. The molecule has 2 rings (SSSR count). The molecule has 0 saturated heterocycles. The summed E-state index contributed by atoms with van der Waals surface area (Å²) in [6, 6.07) is 9.34. The van der Waals surface area contributed by atoms with Crippen LogP contribution >= 0.6 is 0 Å². The molecule has 0 aliphatic rings. The highest BCUT2D eigenvalue weighted by Gasteiger charge is 2.02. The molecule has 94 valence electrons. The van der Waals surface area contributed by atoms with Gasteiger partial charge in [-0.3, -0.25) is 4.79 Å². The number of hydrogen-bond acceptors (Lipinski definition) is 2. The van der Waals surface area contributed by atoms with Crippen LogP contribution in [0.25, 0.3) is 0 Å². The van der Waals surface area contributed by atoms with Gasteiger partial charge in [-0.15, -0.1) is 0 Å². The van der Waals surface area contributed by atoms with Gasteiger partial charge in [0.15, 0.2) is 0 Å². The van der Waals surface area contributed by atoms with Crippen LogP contribution in [0, 0.1) is 17.7 Å². The van der Waals surface area contributed by atoms with Gasteiger partial charge in [0.1, 0.15) is 11.5 Å². The quantitative estimate of drug-likeness (QED) is 0.791. The van der Waals surface area contributed by atoms with Crippen LogP contribution in [0.3, 0.4) is 0 Å². The highest BCUT2D eigenvalue weighted by Crippen LogP contribution is 2.03. The van der Waals surface area contributed by atoms with Crippen LogP contribution in [0.1, 0.15) is 21.6 Å². The van der Waals surface area contributed by atoms with Crippen molar-refractivity contribution in [2.45, 2.75) is 0 Å². The summed E-state index contributed by atoms with van der Waals surface area (Å²) in [5, 5.41) is 2.49. The van der Waals surface area contributed by atoms with E-state index in [4.69, 9.17) is 0 Å². The van der Waals surface area contributed by atoms with E-state index in [1.165, 1.54) is 18.3 Å². The highest BCUT2D eigenvalue weighted by molar-refractivity contribution is 5.91. The van der Waals surface area contributed by atoms with Crippen LogP contribution in [-0.4, -0.2) is 17.9 Å². The second-order valence-corrected chi connectivity index (χ2v) is 3.77. The SMILES string of the molecule is CNC(=O)c1ccc(C#Cc2cccc(F)c2)cn1. The summed E-state index contributed by atoms with van der Waals surface area (Å²) in [5.41, 5.74) is 1.59. The second-order valence-electron chi connectivity index (χ2n) is 3.77. The number of benzene rings is 1. The molecule has 1 amide bonds. The van der Waals surface area contributed by atoms with E-state index in [0.29, 0.717) is 16.8 Å². The van der Waals surface area contributed by atoms with Crippen LogP contribution in [0.15, 0.2) is 42.6 Å². The summed E-state index contributed by atoms with van der Waals surface area (Å²) in [6.45, 7) is 0. The molecule has 1 aromatic carbocycles. The number of nitrogens with zero attached hydrogens (tertiary/aromatic N) is 1. The fraction of sp³-hybridized carbons (Fsp3) is 0.0667. The number of nitrogens with one attached hydrogen (secondary N) is 1. The molecule has 0 spiro atoms. The maximum atomic E-state index is 12.9. The minimum absolute atomic E-state index is 0.246. The molecule has 0 saturated carbocycles. The average Bonchev–Trinajstić information content (AvgIpc) is 2.45. The molecule has 2 aromatic rings. The van der Waals surface area contributed by atoms with Crippen LogP contribution in [0.4, 0.5) is 4.39 Å². The van der Waals surface area contributed by atoms with Gasteiger partial charge in [-0.1, -0.05) is 17.9 Å². The summed E-state index contributed by atoms with van der Waals surface area (Å²) < 4.78 is 12.9. The van der Waals surface area contributed by atoms with E-state index in [1.54, 1.807) is 31.3 Å². The summed E-state index contributed by atoms with van der Waals surface area (Å²) in [5.74, 6) is 5.13. The van der Waals surface area contributed by atoms with E-state index in [0.717, 1.165) is 0 Å². The van der Waals surface area contributed by atoms with Crippen LogP contribution in [-0.2, 0) is 0 Å². The van der Waals surface area contributed by atoms with Crippen LogP contribution < -0.4 is 5.32 Å². The van der Waals surface area contributed by atoms with Gasteiger partial charge in [-0.25, -0.2) is 9.37 Å². The van der Waals surface area contributed by atoms with E-state index in [2.05, 4.69) is 22.1 Å². The van der Waals surface area contributed by atoms with Crippen molar-refractivity contribution in [3.63, 3.8) is 0 Å². The predicted molar refractivity (Wildman–Crippen MR) is 70.0 cm³/mol. The summed E-state index contributed by atoms with van der Waals surface area (Å²) in [6.07, 6.45) is 1.51. The van der Waals surface area contributed by atoms with Crippen molar-refractivity contribution < 1.29 is 9.18 Å². The molecule has 0 aliphatic heterocycles. The molecule has 1 aromatic heterocycles. The van der Waals surface area contributed by atoms with E-state index in [9.17, 15) is 9.18 Å². The number of pyridine rings is 1. The van der Waals surface area contributed by atoms with Crippen molar-refractivity contribution in [3.8, 4) is 11.8 Å². The van der Waals surface area contributed by atoms with Gasteiger partial charge in [0.05, 0.1) is 0 Å². The predicted octanol–water partition coefficient (Wildman–Crippen LogP) is 1.98. The molecule has 19 heavy (non-hydrogen) atoms. The molecule has 0 bridgehead atoms. The largest absolute Gasteiger partial charge is 0.354 e. The van der Waals surface area contributed by atoms with E-state index < -0.39 is 0 Å². The first-order chi connectivity index (χ1) is 9.19. The van der Waals surface area contributed by atoms with E-state index >= 15 is 0 Å². The lowest BCUT2D eigenvalue weighted by molar-refractivity contribution is 0.0958. The second kappa shape index (κ2) is 5.78. The Balaban J connectivity index is 2.19. The van der Waals surface area contributed by atoms with Gasteiger partial charge in [-0.2, -0.15) is 0 Å². The molecule has 0 fully saturated rings. The number of amides is 1. The van der Waals surface area contributed by atoms with Crippen molar-refractivity contribution in [1.29, 1.82) is 0 Å². The summed E-state index contributed by atoms with van der Waals surface area (Å²) >= 11 is 0. The van der Waals surface area contributed by atoms with Crippen molar-refractivity contribution in [2.75, 3.05) is 7.05 Å². The third kappa shape index (κ3) is 3.39. The Hall–Kier alpha value is -2.67. The zero-order chi connectivity index (χ0) is 13.7. The number of hydrogen-bond donors (Lipinski definition) is 1. The third-order valence-electron chi connectivity index (χ3n) is 2.40. The standard InChI is InChI=1S/C15H11FN2O/c1-17-15(19)14-8-7-12(10-18-14)6-5-11-3-2-4-13(16)9-11/h2-4,7-10H,1H3,(H,17,19). The fourth-order valence-corrected chi connectivity index (χ4v) is 1.44. The molecular formula is C15H11FN2O. The number of carbonyl (C=O) groups is 1. The van der Waals surface area contributed by atoms with E-state index in [-0.39, 0.29) is 11.7 Å². The first-order valence-electron chi connectivity index (χ1n) is 5.65. The normalized spacial score (nSPS) is 9.37. The third-order valence-corrected chi connectivity index (χ3v) is 2.40. The monoisotopic (exact) mass is 254 g/mol. The van der Waals surface area contributed by atoms with Gasteiger partial charge in [0, 0.05) is 24.4 Å². The number of halogens is 1. The Morgan fingerprint density at radius 2 is 2.00 bits per heavy atom. The minimum Gasteiger partial charge on any atom is -0.354 e. The Morgan fingerprint density at radius 3 is 2.63 bits per heavy atom. The minimum atomic E-state index is -0.320. The Morgan fingerprint density at radius 1 is 1.21 bits per heavy atom. The summed E-state index contributed by atoms with van der Waals surface area (Å²) in [7, 11) is 1.54. The van der Waals surface area contributed by atoms with Crippen molar-refractivity contribution >= 4 is 5.91 Å². The first kappa shape index (κ1) is 12.8. The Bertz CT molecular complexity index is 654. The highest BCUT2D eigenvalue weighted by atomic mass is 19.1. The topological polar surface area (TPSA) is 42.0 Å². The molecule has 4 heteroatoms. The lowest BCUT2D eigenvalue weighted by Crippen LogP contribution is -2.18. The molecule has 0 aliphatic carbocycles. The smallest absolute Gasteiger partial charge is 0.269 e. The van der Waals surface area contributed by atoms with Crippen LogP contribution in [0.5, 0.6) is 0 Å². The first-order valence-corrected chi connectivity index (χ1v) is 5.65. The lowest BCUT2D eigenvalue weighted by atomic mass is 10.2. The zero-order valence-corrected chi connectivity index (χ0v) is 10.3. The lowest BCUT2D eigenvalue weighted by Gasteiger charge is -1.97. The molecule has 3 nitrogen and oxygen atoms in total. The fourth-order valence-electron chi connectivity index (χ4n) is 1.44. The Kier molecular flexibility index (Phi) is 3.89. The van der Waals surface area contributed by atoms with Gasteiger partial charge in [0.2, 0.25) is 0 Å². The van der Waals surface area contributed by atoms with Crippen molar-refractivity contribution in [2.24, 2.45) is 0 Å². The molecular weight excluding hydrogens is 243 g/mol. The summed E-state index contributed by atoms with van der Waals surface area (Å²) in [4.78, 5) is 15.3. The van der Waals surface area contributed by atoms with Crippen molar-refractivity contribution in [3.05, 3.63) is 65.2 Å². The van der Waals surface area contributed by atoms with Gasteiger partial charge in [-0.05, 0) is 30.3 Å². The van der Waals surface area contributed by atoms with Crippen LogP contribution in [0.2, 0.25) is 0 Å². The zero-order valence-electron chi connectivity index (χ0n) is 10.3. The maximum absolute atomic E-state index is 12.9. The van der Waals surface area contributed by atoms with E-state index in [1.807, 2.05) is 0 Å². The average molecular weight is 254 g/mol. The van der Waals surface area contributed by atoms with Crippen molar-refractivity contribution in [1.82, 2.24) is 10.3 Å². The maximum Gasteiger partial charge on any atom is 0.269 e.